The van der Waals surface area contributed by atoms with Crippen LogP contribution in [0.15, 0.2) is 42.5 Å². The van der Waals surface area contributed by atoms with Gasteiger partial charge in [0.15, 0.2) is 34.5 Å². The number of phenolic OH excluding ortho intramolecular Hbond substituents is 2. The predicted molar refractivity (Wildman–Crippen MR) is 138 cm³/mol. The number of hydrogen-bond donors (Lipinski definition) is 4. The van der Waals surface area contributed by atoms with Gasteiger partial charge in [0.2, 0.25) is 0 Å². The van der Waals surface area contributed by atoms with Crippen LogP contribution < -0.4 is 24.3 Å². The predicted octanol–water partition coefficient (Wildman–Crippen LogP) is 4.15. The van der Waals surface area contributed by atoms with Gasteiger partial charge in [-0.1, -0.05) is 12.1 Å². The minimum Gasteiger partial charge on any atom is -0.504 e. The standard InChI is InChI=1S/C29H33NO7/c1-34-25-13-18(5-7-23(25)32)28-21(15-31)20-10-16(11-27(36-3)29(20)37-28)4-6-22-19-14-26(35-2)24(33)12-17(19)8-9-30-22/h5,7,10-14,21-22,28,30-33H,4,6,8-9,15H2,1-3H3/t21-,22-,28+/m1/s1. The zero-order valence-corrected chi connectivity index (χ0v) is 21.3. The first-order valence-electron chi connectivity index (χ1n) is 12.5. The quantitative estimate of drug-likeness (QED) is 0.360. The van der Waals surface area contributed by atoms with Gasteiger partial charge >= 0.3 is 0 Å². The molecule has 8 heteroatoms. The molecule has 0 radical (unpaired) electrons. The number of aromatic hydroxyl groups is 2. The summed E-state index contributed by atoms with van der Waals surface area (Å²) in [5.74, 6) is 2.01. The molecule has 0 saturated heterocycles. The second-order valence-electron chi connectivity index (χ2n) is 9.49. The van der Waals surface area contributed by atoms with E-state index in [-0.39, 0.29) is 30.1 Å². The molecular formula is C29H33NO7. The molecule has 0 aromatic heterocycles. The maximum Gasteiger partial charge on any atom is 0.165 e. The largest absolute Gasteiger partial charge is 0.504 e. The summed E-state index contributed by atoms with van der Waals surface area (Å²) in [6.45, 7) is 0.740. The molecule has 37 heavy (non-hydrogen) atoms. The van der Waals surface area contributed by atoms with E-state index >= 15 is 0 Å². The fraction of sp³-hybridized carbons (Fsp3) is 0.379. The summed E-state index contributed by atoms with van der Waals surface area (Å²) < 4.78 is 22.6. The first kappa shape index (κ1) is 25.0. The molecule has 3 atom stereocenters. The van der Waals surface area contributed by atoms with Crippen molar-refractivity contribution in [3.05, 3.63) is 70.3 Å². The summed E-state index contributed by atoms with van der Waals surface area (Å²) in [6.07, 6.45) is 2.03. The zero-order chi connectivity index (χ0) is 26.1. The van der Waals surface area contributed by atoms with Gasteiger partial charge in [0.25, 0.3) is 0 Å². The Balaban J connectivity index is 1.41. The van der Waals surface area contributed by atoms with Gasteiger partial charge in [0.1, 0.15) is 6.10 Å². The highest BCUT2D eigenvalue weighted by atomic mass is 16.5. The third kappa shape index (κ3) is 4.63. The number of nitrogens with one attached hydrogen (secondary N) is 1. The lowest BCUT2D eigenvalue weighted by Gasteiger charge is -2.28. The summed E-state index contributed by atoms with van der Waals surface area (Å²) in [4.78, 5) is 0. The van der Waals surface area contributed by atoms with E-state index in [0.29, 0.717) is 23.0 Å². The van der Waals surface area contributed by atoms with E-state index in [1.807, 2.05) is 18.2 Å². The Morgan fingerprint density at radius 2 is 1.65 bits per heavy atom. The highest BCUT2D eigenvalue weighted by Crippen LogP contribution is 2.51. The molecule has 0 spiro atoms. The van der Waals surface area contributed by atoms with E-state index in [0.717, 1.165) is 53.6 Å². The molecule has 5 rings (SSSR count). The molecule has 0 fully saturated rings. The highest BCUT2D eigenvalue weighted by Gasteiger charge is 2.38. The van der Waals surface area contributed by atoms with Crippen LogP contribution in [0.3, 0.4) is 0 Å². The second kappa shape index (κ2) is 10.4. The maximum absolute atomic E-state index is 10.4. The molecule has 0 saturated carbocycles. The number of aliphatic hydroxyl groups excluding tert-OH is 1. The van der Waals surface area contributed by atoms with Gasteiger partial charge < -0.3 is 39.6 Å². The SMILES string of the molecule is COc1cc([C@@H]2Oc3c(OC)cc(CC[C@H]4NCCc5cc(O)c(OC)cc54)cc3[C@H]2CO)ccc1O. The number of aryl methyl sites for hydroxylation is 1. The third-order valence-electron chi connectivity index (χ3n) is 7.42. The lowest BCUT2D eigenvalue weighted by Crippen LogP contribution is -2.30. The topological polar surface area (TPSA) is 110 Å². The van der Waals surface area contributed by atoms with E-state index in [9.17, 15) is 15.3 Å². The average Bonchev–Trinajstić information content (AvgIpc) is 3.29. The Labute approximate surface area is 216 Å². The smallest absolute Gasteiger partial charge is 0.165 e. The van der Waals surface area contributed by atoms with Crippen molar-refractivity contribution >= 4 is 0 Å². The number of ether oxygens (including phenoxy) is 4. The van der Waals surface area contributed by atoms with Crippen molar-refractivity contribution in [3.8, 4) is 34.5 Å². The summed E-state index contributed by atoms with van der Waals surface area (Å²) in [5.41, 5.74) is 5.06. The normalized spacial score (nSPS) is 20.1. The second-order valence-corrected chi connectivity index (χ2v) is 9.49. The Hall–Kier alpha value is -3.62. The number of rotatable bonds is 8. The number of benzene rings is 3. The molecule has 0 aliphatic carbocycles. The summed E-state index contributed by atoms with van der Waals surface area (Å²) in [6, 6.07) is 13.0. The van der Waals surface area contributed by atoms with Gasteiger partial charge in [-0.15, -0.1) is 0 Å². The minimum atomic E-state index is -0.439. The molecule has 3 aromatic rings. The Morgan fingerprint density at radius 3 is 2.38 bits per heavy atom. The van der Waals surface area contributed by atoms with Gasteiger partial charge in [-0.3, -0.25) is 0 Å². The van der Waals surface area contributed by atoms with Crippen molar-refractivity contribution in [2.24, 2.45) is 0 Å². The van der Waals surface area contributed by atoms with Crippen molar-refractivity contribution in [1.29, 1.82) is 0 Å². The molecule has 4 N–H and O–H groups in total. The lowest BCUT2D eigenvalue weighted by atomic mass is 9.88. The number of fused-ring (bicyclic) bond motifs is 2. The van der Waals surface area contributed by atoms with E-state index < -0.39 is 6.10 Å². The molecule has 0 unspecified atom stereocenters. The zero-order valence-electron chi connectivity index (χ0n) is 21.3. The highest BCUT2D eigenvalue weighted by molar-refractivity contribution is 5.56. The number of hydrogen-bond acceptors (Lipinski definition) is 8. The van der Waals surface area contributed by atoms with Gasteiger partial charge in [-0.05, 0) is 78.4 Å². The van der Waals surface area contributed by atoms with Crippen LogP contribution in [0.25, 0.3) is 0 Å². The van der Waals surface area contributed by atoms with Gasteiger partial charge in [0, 0.05) is 11.6 Å². The summed E-state index contributed by atoms with van der Waals surface area (Å²) >= 11 is 0. The van der Waals surface area contributed by atoms with Crippen LogP contribution in [0.5, 0.6) is 34.5 Å². The van der Waals surface area contributed by atoms with Crippen LogP contribution in [-0.4, -0.2) is 49.8 Å². The van der Waals surface area contributed by atoms with Crippen molar-refractivity contribution in [2.75, 3.05) is 34.5 Å². The van der Waals surface area contributed by atoms with Crippen LogP contribution in [0.2, 0.25) is 0 Å². The van der Waals surface area contributed by atoms with Crippen molar-refractivity contribution in [3.63, 3.8) is 0 Å². The fourth-order valence-corrected chi connectivity index (χ4v) is 5.51. The minimum absolute atomic E-state index is 0.0490. The molecular weight excluding hydrogens is 474 g/mol. The van der Waals surface area contributed by atoms with E-state index in [1.54, 1.807) is 32.4 Å². The molecule has 0 bridgehead atoms. The first-order chi connectivity index (χ1) is 18.0. The van der Waals surface area contributed by atoms with Gasteiger partial charge in [-0.25, -0.2) is 0 Å². The van der Waals surface area contributed by atoms with Crippen molar-refractivity contribution in [2.45, 2.75) is 37.3 Å². The fourth-order valence-electron chi connectivity index (χ4n) is 5.51. The van der Waals surface area contributed by atoms with Gasteiger partial charge in [0.05, 0.1) is 33.9 Å². The Morgan fingerprint density at radius 1 is 0.892 bits per heavy atom. The Bertz CT molecular complexity index is 1290. The first-order valence-corrected chi connectivity index (χ1v) is 12.5. The molecule has 2 heterocycles. The molecule has 2 aliphatic rings. The monoisotopic (exact) mass is 507 g/mol. The van der Waals surface area contributed by atoms with Crippen LogP contribution >= 0.6 is 0 Å². The Kier molecular flexibility index (Phi) is 7.04. The molecule has 0 amide bonds. The maximum atomic E-state index is 10.4. The third-order valence-corrected chi connectivity index (χ3v) is 7.42. The summed E-state index contributed by atoms with van der Waals surface area (Å²) in [5, 5.41) is 34.1. The van der Waals surface area contributed by atoms with Crippen LogP contribution in [0.4, 0.5) is 0 Å². The van der Waals surface area contributed by atoms with Gasteiger partial charge in [-0.2, -0.15) is 0 Å². The number of methoxy groups -OCH3 is 3. The van der Waals surface area contributed by atoms with E-state index in [4.69, 9.17) is 18.9 Å². The van der Waals surface area contributed by atoms with Crippen LogP contribution in [0, 0.1) is 0 Å². The van der Waals surface area contributed by atoms with E-state index in [1.165, 1.54) is 7.11 Å². The summed E-state index contributed by atoms with van der Waals surface area (Å²) in [7, 11) is 4.68. The molecule has 8 nitrogen and oxygen atoms in total. The van der Waals surface area contributed by atoms with Crippen molar-refractivity contribution in [1.82, 2.24) is 5.32 Å². The lowest BCUT2D eigenvalue weighted by molar-refractivity contribution is 0.157. The van der Waals surface area contributed by atoms with E-state index in [2.05, 4.69) is 11.4 Å². The molecule has 3 aromatic carbocycles. The van der Waals surface area contributed by atoms with Crippen molar-refractivity contribution < 1.29 is 34.3 Å². The molecule has 196 valence electrons. The van der Waals surface area contributed by atoms with Crippen LogP contribution in [0.1, 0.15) is 52.3 Å². The van der Waals surface area contributed by atoms with Crippen LogP contribution in [-0.2, 0) is 12.8 Å². The number of phenols is 2. The average molecular weight is 508 g/mol. The number of aliphatic hydroxyl groups is 1. The molecule has 2 aliphatic heterocycles.